The average Bonchev–Trinajstić information content (AvgIpc) is 3.18. The summed E-state index contributed by atoms with van der Waals surface area (Å²) in [6, 6.07) is 1.80. The van der Waals surface area contributed by atoms with Crippen LogP contribution in [0, 0.1) is 6.92 Å². The molecule has 0 bridgehead atoms. The maximum Gasteiger partial charge on any atom is 0.410 e. The zero-order valence-corrected chi connectivity index (χ0v) is 14.4. The highest BCUT2D eigenvalue weighted by Gasteiger charge is 2.49. The largest absolute Gasteiger partial charge is 0.439 e. The van der Waals surface area contributed by atoms with E-state index in [4.69, 9.17) is 9.47 Å². The molecule has 0 aromatic carbocycles. The van der Waals surface area contributed by atoms with Crippen LogP contribution >= 0.6 is 0 Å². The molecule has 0 aliphatic carbocycles. The van der Waals surface area contributed by atoms with Gasteiger partial charge in [0.1, 0.15) is 5.69 Å². The molecule has 8 heteroatoms. The molecule has 1 aromatic rings. The summed E-state index contributed by atoms with van der Waals surface area (Å²) in [6.07, 6.45) is 0.350. The number of amides is 2. The van der Waals surface area contributed by atoms with Gasteiger partial charge in [0.25, 0.3) is 5.91 Å². The quantitative estimate of drug-likeness (QED) is 0.747. The molecule has 2 fully saturated rings. The van der Waals surface area contributed by atoms with Gasteiger partial charge in [0.15, 0.2) is 5.60 Å². The number of likely N-dealkylation sites (tertiary alicyclic amines) is 1. The maximum absolute atomic E-state index is 12.9. The molecule has 2 saturated heterocycles. The highest BCUT2D eigenvalue weighted by molar-refractivity contribution is 5.93. The van der Waals surface area contributed by atoms with Gasteiger partial charge in [-0.25, -0.2) is 4.79 Å². The summed E-state index contributed by atoms with van der Waals surface area (Å²) >= 11 is 0. The summed E-state index contributed by atoms with van der Waals surface area (Å²) in [6.45, 7) is 7.03. The van der Waals surface area contributed by atoms with Crippen LogP contribution in [-0.4, -0.2) is 77.1 Å². The fraction of sp³-hybridized carbons (Fsp3) is 0.688. The Labute approximate surface area is 141 Å². The molecule has 8 nitrogen and oxygen atoms in total. The molecule has 2 aliphatic heterocycles. The van der Waals surface area contributed by atoms with Crippen LogP contribution in [0.4, 0.5) is 4.79 Å². The van der Waals surface area contributed by atoms with E-state index >= 15 is 0 Å². The number of carbonyl (C=O) groups is 2. The van der Waals surface area contributed by atoms with Crippen LogP contribution in [0.1, 0.15) is 29.5 Å². The topological polar surface area (TPSA) is 76.9 Å². The average molecular weight is 336 g/mol. The summed E-state index contributed by atoms with van der Waals surface area (Å²) in [4.78, 5) is 27.9. The Morgan fingerprint density at radius 3 is 2.92 bits per heavy atom. The standard InChI is InChI=1S/C16H24N4O4/c1-4-23-8-7-20-13(9-12(2)17-20)14(21)19-6-5-16(11-19)10-18(3)15(22)24-16/h9H,4-8,10-11H2,1-3H3/t16-/m1/s1. The minimum atomic E-state index is -0.563. The van der Waals surface area contributed by atoms with Crippen molar-refractivity contribution >= 4 is 12.0 Å². The van der Waals surface area contributed by atoms with Gasteiger partial charge in [-0.2, -0.15) is 5.10 Å². The Balaban J connectivity index is 1.70. The number of hydrogen-bond acceptors (Lipinski definition) is 5. The van der Waals surface area contributed by atoms with Crippen LogP contribution in [0.5, 0.6) is 0 Å². The van der Waals surface area contributed by atoms with Gasteiger partial charge in [-0.05, 0) is 19.9 Å². The smallest absolute Gasteiger partial charge is 0.410 e. The minimum Gasteiger partial charge on any atom is -0.439 e. The molecule has 0 radical (unpaired) electrons. The Morgan fingerprint density at radius 1 is 1.46 bits per heavy atom. The molecule has 132 valence electrons. The monoisotopic (exact) mass is 336 g/mol. The lowest BCUT2D eigenvalue weighted by Crippen LogP contribution is -2.39. The van der Waals surface area contributed by atoms with E-state index in [1.807, 2.05) is 13.8 Å². The summed E-state index contributed by atoms with van der Waals surface area (Å²) in [5.74, 6) is -0.0745. The van der Waals surface area contributed by atoms with Gasteiger partial charge in [-0.3, -0.25) is 9.48 Å². The molecular formula is C16H24N4O4. The third kappa shape index (κ3) is 3.10. The Hall–Kier alpha value is -2.09. The van der Waals surface area contributed by atoms with Crippen molar-refractivity contribution in [2.45, 2.75) is 32.4 Å². The van der Waals surface area contributed by atoms with E-state index in [9.17, 15) is 9.59 Å². The maximum atomic E-state index is 12.9. The molecule has 2 amide bonds. The number of carbonyl (C=O) groups excluding carboxylic acids is 2. The minimum absolute atomic E-state index is 0.0745. The highest BCUT2D eigenvalue weighted by atomic mass is 16.6. The number of likely N-dealkylation sites (N-methyl/N-ethyl adjacent to an activating group) is 1. The van der Waals surface area contributed by atoms with E-state index in [-0.39, 0.29) is 12.0 Å². The summed E-state index contributed by atoms with van der Waals surface area (Å²) in [7, 11) is 1.72. The lowest BCUT2D eigenvalue weighted by molar-refractivity contribution is 0.0545. The number of nitrogens with zero attached hydrogens (tertiary/aromatic N) is 4. The molecule has 0 N–H and O–H groups in total. The number of rotatable bonds is 5. The van der Waals surface area contributed by atoms with E-state index in [1.54, 1.807) is 27.6 Å². The predicted molar refractivity (Wildman–Crippen MR) is 85.8 cm³/mol. The molecule has 3 rings (SSSR count). The first-order valence-corrected chi connectivity index (χ1v) is 8.30. The van der Waals surface area contributed by atoms with Crippen molar-refractivity contribution in [3.8, 4) is 0 Å². The van der Waals surface area contributed by atoms with Gasteiger partial charge in [0.05, 0.1) is 31.9 Å². The lowest BCUT2D eigenvalue weighted by Gasteiger charge is -2.22. The van der Waals surface area contributed by atoms with Crippen molar-refractivity contribution in [3.05, 3.63) is 17.5 Å². The normalized spacial score (nSPS) is 23.4. The number of hydrogen-bond donors (Lipinski definition) is 0. The molecule has 0 saturated carbocycles. The second kappa shape index (κ2) is 6.43. The third-order valence-corrected chi connectivity index (χ3v) is 4.52. The van der Waals surface area contributed by atoms with Crippen LogP contribution in [0.3, 0.4) is 0 Å². The van der Waals surface area contributed by atoms with Crippen LogP contribution in [0.2, 0.25) is 0 Å². The Bertz CT molecular complexity index is 644. The first-order valence-electron chi connectivity index (χ1n) is 8.30. The summed E-state index contributed by atoms with van der Waals surface area (Å²) in [5, 5.41) is 4.38. The van der Waals surface area contributed by atoms with Gasteiger partial charge in [0.2, 0.25) is 0 Å². The van der Waals surface area contributed by atoms with Gasteiger partial charge >= 0.3 is 6.09 Å². The van der Waals surface area contributed by atoms with E-state index in [0.717, 1.165) is 5.69 Å². The molecule has 1 aromatic heterocycles. The molecule has 24 heavy (non-hydrogen) atoms. The van der Waals surface area contributed by atoms with Crippen molar-refractivity contribution < 1.29 is 19.1 Å². The molecule has 1 atom stereocenters. The first kappa shape index (κ1) is 16.8. The summed E-state index contributed by atoms with van der Waals surface area (Å²) in [5.41, 5.74) is 0.796. The zero-order valence-electron chi connectivity index (χ0n) is 14.4. The third-order valence-electron chi connectivity index (χ3n) is 4.52. The van der Waals surface area contributed by atoms with Crippen LogP contribution < -0.4 is 0 Å². The van der Waals surface area contributed by atoms with Crippen LogP contribution in [0.25, 0.3) is 0 Å². The molecule has 2 aliphatic rings. The first-order chi connectivity index (χ1) is 11.4. The lowest BCUT2D eigenvalue weighted by atomic mass is 10.0. The molecule has 0 unspecified atom stereocenters. The van der Waals surface area contributed by atoms with E-state index in [0.29, 0.717) is 51.5 Å². The highest BCUT2D eigenvalue weighted by Crippen LogP contribution is 2.32. The van der Waals surface area contributed by atoms with Crippen molar-refractivity contribution in [3.63, 3.8) is 0 Å². The van der Waals surface area contributed by atoms with Crippen molar-refractivity contribution in [1.82, 2.24) is 19.6 Å². The van der Waals surface area contributed by atoms with Gasteiger partial charge in [-0.1, -0.05) is 0 Å². The SMILES string of the molecule is CCOCCn1nc(C)cc1C(=O)N1CC[C@@]2(CN(C)C(=O)O2)C1. The van der Waals surface area contributed by atoms with Crippen LogP contribution in [0.15, 0.2) is 6.07 Å². The van der Waals surface area contributed by atoms with Crippen LogP contribution in [-0.2, 0) is 16.0 Å². The molecule has 1 spiro atoms. The van der Waals surface area contributed by atoms with Crippen molar-refractivity contribution in [2.75, 3.05) is 39.9 Å². The predicted octanol–water partition coefficient (Wildman–Crippen LogP) is 0.895. The Morgan fingerprint density at radius 2 is 2.25 bits per heavy atom. The number of aromatic nitrogens is 2. The number of aryl methyl sites for hydroxylation is 1. The van der Waals surface area contributed by atoms with E-state index in [1.165, 1.54) is 0 Å². The zero-order chi connectivity index (χ0) is 17.3. The summed E-state index contributed by atoms with van der Waals surface area (Å²) < 4.78 is 12.6. The van der Waals surface area contributed by atoms with Gasteiger partial charge in [0, 0.05) is 26.6 Å². The van der Waals surface area contributed by atoms with Crippen molar-refractivity contribution in [1.29, 1.82) is 0 Å². The molecule has 3 heterocycles. The van der Waals surface area contributed by atoms with Crippen molar-refractivity contribution in [2.24, 2.45) is 0 Å². The second-order valence-corrected chi connectivity index (χ2v) is 6.47. The van der Waals surface area contributed by atoms with E-state index < -0.39 is 5.60 Å². The Kier molecular flexibility index (Phi) is 4.49. The fourth-order valence-electron chi connectivity index (χ4n) is 3.37. The number of ether oxygens (including phenoxy) is 2. The van der Waals surface area contributed by atoms with Gasteiger partial charge < -0.3 is 19.3 Å². The second-order valence-electron chi connectivity index (χ2n) is 6.47. The van der Waals surface area contributed by atoms with E-state index in [2.05, 4.69) is 5.10 Å². The van der Waals surface area contributed by atoms with Gasteiger partial charge in [-0.15, -0.1) is 0 Å². The molecular weight excluding hydrogens is 312 g/mol. The fourth-order valence-corrected chi connectivity index (χ4v) is 3.37.